The third kappa shape index (κ3) is 2.22. The van der Waals surface area contributed by atoms with Crippen molar-refractivity contribution in [2.75, 3.05) is 7.11 Å². The lowest BCUT2D eigenvalue weighted by Crippen LogP contribution is -2.25. The molecule has 0 unspecified atom stereocenters. The Hall–Kier alpha value is -2.04. The lowest BCUT2D eigenvalue weighted by Gasteiger charge is -2.02. The van der Waals surface area contributed by atoms with E-state index in [1.165, 1.54) is 7.11 Å². The Balaban J connectivity index is 3.08. The van der Waals surface area contributed by atoms with Crippen LogP contribution in [0.3, 0.4) is 0 Å². The second kappa shape index (κ2) is 4.86. The molecule has 74 valence electrons. The van der Waals surface area contributed by atoms with E-state index in [4.69, 9.17) is 10.9 Å². The SMILES string of the molecule is CO/N=C(\C(N)=N\O)c1ccccc1. The van der Waals surface area contributed by atoms with E-state index in [1.54, 1.807) is 12.1 Å². The van der Waals surface area contributed by atoms with E-state index in [9.17, 15) is 0 Å². The highest BCUT2D eigenvalue weighted by atomic mass is 16.6. The van der Waals surface area contributed by atoms with Gasteiger partial charge < -0.3 is 15.8 Å². The Bertz CT molecular complexity index is 346. The molecule has 0 fully saturated rings. The quantitative estimate of drug-likeness (QED) is 0.322. The monoisotopic (exact) mass is 193 g/mol. The van der Waals surface area contributed by atoms with E-state index < -0.39 is 0 Å². The van der Waals surface area contributed by atoms with Gasteiger partial charge in [0.25, 0.3) is 0 Å². The summed E-state index contributed by atoms with van der Waals surface area (Å²) in [6, 6.07) is 9.09. The average molecular weight is 193 g/mol. The second-order valence-corrected chi connectivity index (χ2v) is 2.47. The molecule has 0 aliphatic rings. The number of hydrogen-bond acceptors (Lipinski definition) is 4. The summed E-state index contributed by atoms with van der Waals surface area (Å²) in [5.74, 6) is -0.0851. The maximum absolute atomic E-state index is 8.52. The van der Waals surface area contributed by atoms with Gasteiger partial charge in [-0.25, -0.2) is 0 Å². The van der Waals surface area contributed by atoms with Gasteiger partial charge in [-0.15, -0.1) is 0 Å². The third-order valence-corrected chi connectivity index (χ3v) is 1.58. The highest BCUT2D eigenvalue weighted by Gasteiger charge is 2.08. The van der Waals surface area contributed by atoms with Crippen LogP contribution in [-0.2, 0) is 4.84 Å². The standard InChI is InChI=1S/C9H11N3O2/c1-14-12-8(9(10)11-13)7-5-3-2-4-6-7/h2-6,13H,1H3,(H2,10,11)/b12-8-. The highest BCUT2D eigenvalue weighted by Crippen LogP contribution is 2.01. The predicted molar refractivity (Wildman–Crippen MR) is 53.4 cm³/mol. The van der Waals surface area contributed by atoms with Crippen LogP contribution in [0.5, 0.6) is 0 Å². The minimum atomic E-state index is -0.0851. The van der Waals surface area contributed by atoms with Crippen molar-refractivity contribution < 1.29 is 10.0 Å². The van der Waals surface area contributed by atoms with E-state index in [1.807, 2.05) is 18.2 Å². The number of nitrogens with two attached hydrogens (primary N) is 1. The van der Waals surface area contributed by atoms with Gasteiger partial charge in [-0.05, 0) is 0 Å². The van der Waals surface area contributed by atoms with Crippen molar-refractivity contribution >= 4 is 11.5 Å². The molecule has 1 aromatic carbocycles. The van der Waals surface area contributed by atoms with Gasteiger partial charge in [-0.1, -0.05) is 40.6 Å². The summed E-state index contributed by atoms with van der Waals surface area (Å²) in [6.45, 7) is 0. The van der Waals surface area contributed by atoms with Crippen LogP contribution in [0.25, 0.3) is 0 Å². The van der Waals surface area contributed by atoms with E-state index >= 15 is 0 Å². The molecule has 1 aromatic rings. The number of rotatable bonds is 3. The molecule has 5 heteroatoms. The van der Waals surface area contributed by atoms with Gasteiger partial charge >= 0.3 is 0 Å². The van der Waals surface area contributed by atoms with Gasteiger partial charge in [0.05, 0.1) is 0 Å². The summed E-state index contributed by atoms with van der Waals surface area (Å²) in [5.41, 5.74) is 6.45. The van der Waals surface area contributed by atoms with E-state index in [-0.39, 0.29) is 5.84 Å². The fraction of sp³-hybridized carbons (Fsp3) is 0.111. The van der Waals surface area contributed by atoms with Crippen molar-refractivity contribution in [2.24, 2.45) is 16.0 Å². The number of oxime groups is 2. The maximum atomic E-state index is 8.52. The van der Waals surface area contributed by atoms with Crippen molar-refractivity contribution in [3.63, 3.8) is 0 Å². The average Bonchev–Trinajstić information content (AvgIpc) is 2.26. The lowest BCUT2D eigenvalue weighted by atomic mass is 10.1. The fourth-order valence-electron chi connectivity index (χ4n) is 0.982. The zero-order valence-corrected chi connectivity index (χ0v) is 7.71. The lowest BCUT2D eigenvalue weighted by molar-refractivity contribution is 0.214. The molecule has 0 aromatic heterocycles. The number of nitrogens with zero attached hydrogens (tertiary/aromatic N) is 2. The van der Waals surface area contributed by atoms with Gasteiger partial charge in [0.2, 0.25) is 0 Å². The summed E-state index contributed by atoms with van der Waals surface area (Å²) < 4.78 is 0. The van der Waals surface area contributed by atoms with Gasteiger partial charge in [-0.2, -0.15) is 0 Å². The first kappa shape index (κ1) is 10.0. The Labute approximate surface area is 81.5 Å². The van der Waals surface area contributed by atoms with E-state index in [2.05, 4.69) is 15.1 Å². The van der Waals surface area contributed by atoms with Crippen LogP contribution in [0.2, 0.25) is 0 Å². The minimum Gasteiger partial charge on any atom is -0.409 e. The first-order valence-corrected chi connectivity index (χ1v) is 3.94. The normalized spacial score (nSPS) is 12.6. The van der Waals surface area contributed by atoms with Gasteiger partial charge in [0, 0.05) is 5.56 Å². The molecule has 0 bridgehead atoms. The Morgan fingerprint density at radius 1 is 1.36 bits per heavy atom. The first-order valence-electron chi connectivity index (χ1n) is 3.94. The topological polar surface area (TPSA) is 80.2 Å². The summed E-state index contributed by atoms with van der Waals surface area (Å²) in [5, 5.41) is 15.1. The van der Waals surface area contributed by atoms with Crippen LogP contribution in [0, 0.1) is 0 Å². The summed E-state index contributed by atoms with van der Waals surface area (Å²) in [4.78, 5) is 4.60. The van der Waals surface area contributed by atoms with Crippen molar-refractivity contribution in [3.05, 3.63) is 35.9 Å². The molecule has 0 heterocycles. The first-order chi connectivity index (χ1) is 6.79. The Morgan fingerprint density at radius 3 is 2.50 bits per heavy atom. The molecule has 14 heavy (non-hydrogen) atoms. The van der Waals surface area contributed by atoms with Crippen molar-refractivity contribution in [1.29, 1.82) is 0 Å². The molecule has 5 nitrogen and oxygen atoms in total. The molecule has 0 saturated carbocycles. The zero-order valence-electron chi connectivity index (χ0n) is 7.71. The summed E-state index contributed by atoms with van der Waals surface area (Å²) in [7, 11) is 1.40. The molecule has 0 saturated heterocycles. The third-order valence-electron chi connectivity index (χ3n) is 1.58. The van der Waals surface area contributed by atoms with Gasteiger partial charge in [-0.3, -0.25) is 0 Å². The Morgan fingerprint density at radius 2 is 2.00 bits per heavy atom. The van der Waals surface area contributed by atoms with Gasteiger partial charge in [0.1, 0.15) is 7.11 Å². The molecule has 0 radical (unpaired) electrons. The van der Waals surface area contributed by atoms with Crippen LogP contribution in [0.4, 0.5) is 0 Å². The maximum Gasteiger partial charge on any atom is 0.192 e. The molecule has 0 amide bonds. The number of amidine groups is 1. The van der Waals surface area contributed by atoms with E-state index in [0.717, 1.165) is 5.56 Å². The van der Waals surface area contributed by atoms with Crippen LogP contribution in [0.1, 0.15) is 5.56 Å². The highest BCUT2D eigenvalue weighted by molar-refractivity contribution is 6.46. The van der Waals surface area contributed by atoms with Crippen molar-refractivity contribution in [1.82, 2.24) is 0 Å². The fourth-order valence-corrected chi connectivity index (χ4v) is 0.982. The molecule has 0 atom stereocenters. The largest absolute Gasteiger partial charge is 0.409 e. The number of benzene rings is 1. The molecule has 0 aliphatic heterocycles. The van der Waals surface area contributed by atoms with Gasteiger partial charge in [0.15, 0.2) is 11.5 Å². The van der Waals surface area contributed by atoms with Crippen LogP contribution in [-0.4, -0.2) is 23.9 Å². The smallest absolute Gasteiger partial charge is 0.192 e. The van der Waals surface area contributed by atoms with E-state index in [0.29, 0.717) is 5.71 Å². The summed E-state index contributed by atoms with van der Waals surface area (Å²) >= 11 is 0. The predicted octanol–water partition coefficient (Wildman–Crippen LogP) is 0.783. The number of hydrogen-bond donors (Lipinski definition) is 2. The second-order valence-electron chi connectivity index (χ2n) is 2.47. The molecular weight excluding hydrogens is 182 g/mol. The molecule has 0 spiro atoms. The Kier molecular flexibility index (Phi) is 3.49. The molecule has 3 N–H and O–H groups in total. The van der Waals surface area contributed by atoms with Crippen molar-refractivity contribution in [3.8, 4) is 0 Å². The minimum absolute atomic E-state index is 0.0851. The zero-order chi connectivity index (χ0) is 10.4. The van der Waals surface area contributed by atoms with Crippen LogP contribution >= 0.6 is 0 Å². The van der Waals surface area contributed by atoms with Crippen molar-refractivity contribution in [2.45, 2.75) is 0 Å². The molecular formula is C9H11N3O2. The molecule has 0 aliphatic carbocycles. The summed E-state index contributed by atoms with van der Waals surface area (Å²) in [6.07, 6.45) is 0. The van der Waals surface area contributed by atoms with Crippen LogP contribution < -0.4 is 5.73 Å². The molecule has 1 rings (SSSR count). The van der Waals surface area contributed by atoms with Crippen LogP contribution in [0.15, 0.2) is 40.6 Å².